The number of nitrogens with one attached hydrogen (secondary N) is 4. The van der Waals surface area contributed by atoms with Gasteiger partial charge in [0.2, 0.25) is 5.91 Å². The van der Waals surface area contributed by atoms with Crippen molar-refractivity contribution in [2.45, 2.75) is 19.1 Å². The second kappa shape index (κ2) is 13.8. The number of amides is 3. The van der Waals surface area contributed by atoms with Crippen LogP contribution in [0.3, 0.4) is 0 Å². The second-order valence-electron chi connectivity index (χ2n) is 8.10. The molecule has 2 aromatic rings. The van der Waals surface area contributed by atoms with Gasteiger partial charge in [-0.2, -0.15) is 0 Å². The van der Waals surface area contributed by atoms with Gasteiger partial charge >= 0.3 is 0 Å². The van der Waals surface area contributed by atoms with Crippen LogP contribution >= 0.6 is 0 Å². The summed E-state index contributed by atoms with van der Waals surface area (Å²) >= 11 is 0. The molecule has 186 valence electrons. The zero-order valence-corrected chi connectivity index (χ0v) is 20.0. The number of rotatable bonds is 10. The topological polar surface area (TPSA) is 143 Å². The average molecular weight is 482 g/mol. The third kappa shape index (κ3) is 9.56. The number of aliphatic hydroxyl groups excluding tert-OH is 1. The molecule has 3 amide bonds. The summed E-state index contributed by atoms with van der Waals surface area (Å²) in [5.74, 6) is 4.40. The highest BCUT2D eigenvalue weighted by Crippen LogP contribution is 2.09. The van der Waals surface area contributed by atoms with E-state index in [-0.39, 0.29) is 18.0 Å². The summed E-state index contributed by atoms with van der Waals surface area (Å²) < 4.78 is 0. The Labute approximate surface area is 204 Å². The molecular weight excluding hydrogens is 450 g/mol. The molecule has 0 spiro atoms. The Morgan fingerprint density at radius 1 is 0.971 bits per heavy atom. The van der Waals surface area contributed by atoms with E-state index in [1.165, 1.54) is 12.4 Å². The fraction of sp³-hybridized carbons (Fsp3) is 0.320. The lowest BCUT2D eigenvalue weighted by Crippen LogP contribution is -2.51. The van der Waals surface area contributed by atoms with E-state index in [2.05, 4.69) is 27.8 Å². The van der Waals surface area contributed by atoms with Gasteiger partial charge in [-0.1, -0.05) is 11.8 Å². The first-order valence-corrected chi connectivity index (χ1v) is 11.0. The molecule has 2 rings (SSSR count). The van der Waals surface area contributed by atoms with Crippen molar-refractivity contribution in [2.75, 3.05) is 39.0 Å². The van der Waals surface area contributed by atoms with Crippen LogP contribution in [0.1, 0.15) is 28.4 Å². The van der Waals surface area contributed by atoms with Gasteiger partial charge in [0.25, 0.3) is 11.8 Å². The van der Waals surface area contributed by atoms with Crippen molar-refractivity contribution in [2.24, 2.45) is 0 Å². The maximum atomic E-state index is 12.3. The smallest absolute Gasteiger partial charge is 0.268 e. The predicted octanol–water partition coefficient (Wildman–Crippen LogP) is 0.161. The van der Waals surface area contributed by atoms with Crippen LogP contribution in [-0.4, -0.2) is 78.8 Å². The van der Waals surface area contributed by atoms with E-state index < -0.39 is 24.0 Å². The Hall–Kier alpha value is -3.75. The van der Waals surface area contributed by atoms with Crippen LogP contribution in [0.2, 0.25) is 0 Å². The van der Waals surface area contributed by atoms with E-state index in [0.29, 0.717) is 11.3 Å². The Morgan fingerprint density at radius 2 is 1.54 bits per heavy atom. The van der Waals surface area contributed by atoms with Gasteiger partial charge in [-0.15, -0.1) is 0 Å². The minimum Gasteiger partial charge on any atom is -0.391 e. The van der Waals surface area contributed by atoms with Crippen molar-refractivity contribution in [3.8, 4) is 11.8 Å². The second-order valence-corrected chi connectivity index (χ2v) is 8.10. The lowest BCUT2D eigenvalue weighted by atomic mass is 10.1. The monoisotopic (exact) mass is 481 g/mol. The first kappa shape index (κ1) is 27.5. The molecule has 6 N–H and O–H groups in total. The number of anilines is 1. The van der Waals surface area contributed by atoms with E-state index in [1.807, 2.05) is 19.0 Å². The molecule has 35 heavy (non-hydrogen) atoms. The van der Waals surface area contributed by atoms with Crippen LogP contribution < -0.4 is 21.4 Å². The molecular formula is C25H31N5O5. The maximum absolute atomic E-state index is 12.3. The molecule has 0 fully saturated rings. The van der Waals surface area contributed by atoms with Gasteiger partial charge in [-0.3, -0.25) is 19.6 Å². The Morgan fingerprint density at radius 3 is 2.06 bits per heavy atom. The lowest BCUT2D eigenvalue weighted by molar-refractivity contribution is -0.133. The number of likely N-dealkylation sites (N-methyl/N-ethyl adjacent to an activating group) is 1. The van der Waals surface area contributed by atoms with Crippen LogP contribution in [0.25, 0.3) is 0 Å². The Bertz CT molecular complexity index is 1060. The predicted molar refractivity (Wildman–Crippen MR) is 132 cm³/mol. The van der Waals surface area contributed by atoms with Crippen LogP contribution in [0.4, 0.5) is 5.69 Å². The maximum Gasteiger partial charge on any atom is 0.268 e. The average Bonchev–Trinajstić information content (AvgIpc) is 2.84. The summed E-state index contributed by atoms with van der Waals surface area (Å²) in [7, 11) is 3.94. The number of hydrogen-bond acceptors (Lipinski definition) is 7. The summed E-state index contributed by atoms with van der Waals surface area (Å²) in [4.78, 5) is 37.9. The highest BCUT2D eigenvalue weighted by molar-refractivity contribution is 5.97. The van der Waals surface area contributed by atoms with Crippen molar-refractivity contribution in [3.63, 3.8) is 0 Å². The molecule has 0 aliphatic rings. The number of carbonyl (C=O) groups excluding carboxylic acids is 3. The minimum absolute atomic E-state index is 0.122. The number of carbonyl (C=O) groups is 3. The molecule has 0 heterocycles. The normalized spacial score (nSPS) is 12.2. The number of hydroxylamine groups is 1. The summed E-state index contributed by atoms with van der Waals surface area (Å²) in [6, 6.07) is 12.2. The minimum atomic E-state index is -1.29. The van der Waals surface area contributed by atoms with E-state index in [4.69, 9.17) is 5.21 Å². The Kier molecular flexibility index (Phi) is 10.9. The number of aliphatic hydroxyl groups is 1. The molecule has 10 heteroatoms. The zero-order chi connectivity index (χ0) is 25.8. The molecule has 2 aromatic carbocycles. The van der Waals surface area contributed by atoms with Gasteiger partial charge in [-0.25, -0.2) is 5.48 Å². The third-order valence-electron chi connectivity index (χ3n) is 4.85. The van der Waals surface area contributed by atoms with Crippen molar-refractivity contribution in [1.29, 1.82) is 0 Å². The van der Waals surface area contributed by atoms with Crippen LogP contribution in [0.15, 0.2) is 48.5 Å². The molecule has 0 unspecified atom stereocenters. The SMILES string of the molecule is C[C@@H](O)[C@H](NC(=O)c1ccc(C#Cc2ccc(NC(=O)CNCCN(C)C)cc2)cc1)C(=O)NO. The lowest BCUT2D eigenvalue weighted by Gasteiger charge is -2.19. The molecule has 2 atom stereocenters. The third-order valence-corrected chi connectivity index (χ3v) is 4.85. The van der Waals surface area contributed by atoms with Gasteiger partial charge < -0.3 is 26.0 Å². The Balaban J connectivity index is 1.91. The first-order valence-electron chi connectivity index (χ1n) is 11.0. The van der Waals surface area contributed by atoms with Gasteiger partial charge in [-0.05, 0) is 69.6 Å². The first-order chi connectivity index (χ1) is 16.7. The standard InChI is InChI=1S/C25H31N5O5/c1-17(31)23(25(34)29-35)28-24(33)20-10-6-18(7-11-20)4-5-19-8-12-21(13-9-19)27-22(32)16-26-14-15-30(2)3/h6-13,17,23,26,31,35H,14-16H2,1-3H3,(H,27,32)(H,28,33)(H,29,34)/t17-,23+/m1/s1. The van der Waals surface area contributed by atoms with E-state index >= 15 is 0 Å². The van der Waals surface area contributed by atoms with E-state index in [0.717, 1.165) is 18.7 Å². The largest absolute Gasteiger partial charge is 0.391 e. The summed E-state index contributed by atoms with van der Waals surface area (Å²) in [6.45, 7) is 3.13. The van der Waals surface area contributed by atoms with Crippen molar-refractivity contribution < 1.29 is 24.7 Å². The highest BCUT2D eigenvalue weighted by Gasteiger charge is 2.25. The van der Waals surface area contributed by atoms with Gasteiger partial charge in [0, 0.05) is 35.5 Å². The van der Waals surface area contributed by atoms with Gasteiger partial charge in [0.1, 0.15) is 6.04 Å². The fourth-order valence-corrected chi connectivity index (χ4v) is 2.90. The molecule has 0 aliphatic heterocycles. The van der Waals surface area contributed by atoms with Crippen LogP contribution in [0, 0.1) is 11.8 Å². The molecule has 0 aliphatic carbocycles. The van der Waals surface area contributed by atoms with E-state index in [9.17, 15) is 19.5 Å². The summed E-state index contributed by atoms with van der Waals surface area (Å²) in [5, 5.41) is 26.6. The summed E-state index contributed by atoms with van der Waals surface area (Å²) in [5.41, 5.74) is 3.78. The van der Waals surface area contributed by atoms with Crippen LogP contribution in [-0.2, 0) is 9.59 Å². The highest BCUT2D eigenvalue weighted by atomic mass is 16.5. The quantitative estimate of drug-likeness (QED) is 0.123. The van der Waals surface area contributed by atoms with Crippen LogP contribution in [0.5, 0.6) is 0 Å². The van der Waals surface area contributed by atoms with Crippen molar-refractivity contribution in [1.82, 2.24) is 21.0 Å². The van der Waals surface area contributed by atoms with Crippen molar-refractivity contribution >= 4 is 23.4 Å². The van der Waals surface area contributed by atoms with E-state index in [1.54, 1.807) is 48.5 Å². The molecule has 0 aromatic heterocycles. The number of nitrogens with zero attached hydrogens (tertiary/aromatic N) is 1. The molecule has 0 saturated heterocycles. The molecule has 10 nitrogen and oxygen atoms in total. The molecule has 0 radical (unpaired) electrons. The zero-order valence-electron chi connectivity index (χ0n) is 20.0. The number of benzene rings is 2. The molecule has 0 saturated carbocycles. The van der Waals surface area contributed by atoms with Gasteiger partial charge in [0.05, 0.1) is 12.6 Å². The number of hydrogen-bond donors (Lipinski definition) is 6. The molecule has 0 bridgehead atoms. The van der Waals surface area contributed by atoms with Gasteiger partial charge in [0.15, 0.2) is 0 Å². The van der Waals surface area contributed by atoms with Crippen molar-refractivity contribution in [3.05, 3.63) is 65.2 Å². The summed E-state index contributed by atoms with van der Waals surface area (Å²) in [6.07, 6.45) is -1.19. The fourth-order valence-electron chi connectivity index (χ4n) is 2.90.